The fraction of sp³-hybridized carbons (Fsp3) is 0.267. The van der Waals surface area contributed by atoms with E-state index in [0.717, 1.165) is 16.7 Å². The van der Waals surface area contributed by atoms with Crippen LogP contribution in [0.4, 0.5) is 5.69 Å². The van der Waals surface area contributed by atoms with Gasteiger partial charge in [0.25, 0.3) is 11.7 Å². The van der Waals surface area contributed by atoms with Crippen LogP contribution in [0.3, 0.4) is 0 Å². The molecular weight excluding hydrogens is 454 g/mol. The number of carbonyl (C=O) groups is 2. The highest BCUT2D eigenvalue weighted by molar-refractivity contribution is 6.51. The summed E-state index contributed by atoms with van der Waals surface area (Å²) < 4.78 is 11.4. The van der Waals surface area contributed by atoms with Crippen molar-refractivity contribution in [1.82, 2.24) is 0 Å². The first-order valence-corrected chi connectivity index (χ1v) is 12.0. The van der Waals surface area contributed by atoms with E-state index in [-0.39, 0.29) is 11.3 Å². The maximum atomic E-state index is 13.4. The second-order valence-electron chi connectivity index (χ2n) is 9.44. The Bertz CT molecular complexity index is 1340. The second-order valence-corrected chi connectivity index (χ2v) is 9.44. The summed E-state index contributed by atoms with van der Waals surface area (Å²) in [5, 5.41) is 11.4. The van der Waals surface area contributed by atoms with E-state index in [1.54, 1.807) is 42.5 Å². The van der Waals surface area contributed by atoms with Gasteiger partial charge in [0.1, 0.15) is 17.3 Å². The van der Waals surface area contributed by atoms with Gasteiger partial charge < -0.3 is 14.6 Å². The highest BCUT2D eigenvalue weighted by Gasteiger charge is 2.47. The number of aliphatic hydroxyl groups excluding tert-OH is 1. The van der Waals surface area contributed by atoms with Crippen molar-refractivity contribution in [2.24, 2.45) is 5.92 Å². The Labute approximate surface area is 211 Å². The molecule has 1 heterocycles. The second kappa shape index (κ2) is 10.3. The maximum Gasteiger partial charge on any atom is 0.300 e. The van der Waals surface area contributed by atoms with Crippen LogP contribution < -0.4 is 14.4 Å². The topological polar surface area (TPSA) is 76.1 Å². The summed E-state index contributed by atoms with van der Waals surface area (Å²) in [6.07, 6.45) is 0. The molecular formula is C30H31NO5. The molecule has 36 heavy (non-hydrogen) atoms. The first-order valence-electron chi connectivity index (χ1n) is 12.0. The summed E-state index contributed by atoms with van der Waals surface area (Å²) in [6.45, 7) is 8.54. The number of benzene rings is 3. The zero-order chi connectivity index (χ0) is 26.0. The number of carbonyl (C=O) groups excluding carboxylic acids is 2. The summed E-state index contributed by atoms with van der Waals surface area (Å²) in [4.78, 5) is 28.3. The largest absolute Gasteiger partial charge is 0.507 e. The van der Waals surface area contributed by atoms with Crippen molar-refractivity contribution in [3.63, 3.8) is 0 Å². The van der Waals surface area contributed by atoms with Crippen molar-refractivity contribution >= 4 is 23.1 Å². The lowest BCUT2D eigenvalue weighted by atomic mass is 9.93. The monoisotopic (exact) mass is 485 g/mol. The quantitative estimate of drug-likeness (QED) is 0.253. The van der Waals surface area contributed by atoms with Crippen molar-refractivity contribution in [3.05, 3.63) is 94.6 Å². The minimum Gasteiger partial charge on any atom is -0.507 e. The Morgan fingerprint density at radius 2 is 1.72 bits per heavy atom. The summed E-state index contributed by atoms with van der Waals surface area (Å²) in [6, 6.07) is 19.1. The van der Waals surface area contributed by atoms with E-state index in [2.05, 4.69) is 13.8 Å². The van der Waals surface area contributed by atoms with Gasteiger partial charge in [0.05, 0.1) is 31.0 Å². The SMILES string of the molecule is COc1ccccc1N1C(=O)C(=O)/C(=C(\O)c2ccc(OCC(C)C)c(C)c2)C1c1cccc(C)c1. The zero-order valence-corrected chi connectivity index (χ0v) is 21.2. The average Bonchev–Trinajstić information content (AvgIpc) is 3.12. The van der Waals surface area contributed by atoms with Gasteiger partial charge in [-0.15, -0.1) is 0 Å². The van der Waals surface area contributed by atoms with E-state index in [4.69, 9.17) is 9.47 Å². The van der Waals surface area contributed by atoms with Crippen LogP contribution in [0.5, 0.6) is 11.5 Å². The summed E-state index contributed by atoms with van der Waals surface area (Å²) in [7, 11) is 1.52. The normalized spacial score (nSPS) is 17.1. The van der Waals surface area contributed by atoms with E-state index < -0.39 is 17.7 Å². The highest BCUT2D eigenvalue weighted by atomic mass is 16.5. The number of methoxy groups -OCH3 is 1. The molecule has 1 N–H and O–H groups in total. The van der Waals surface area contributed by atoms with E-state index in [1.165, 1.54) is 12.0 Å². The molecule has 1 unspecified atom stereocenters. The molecule has 0 bridgehead atoms. The number of aryl methyl sites for hydroxylation is 2. The lowest BCUT2D eigenvalue weighted by Gasteiger charge is -2.27. The third kappa shape index (κ3) is 4.71. The molecule has 0 saturated carbocycles. The van der Waals surface area contributed by atoms with Gasteiger partial charge in [0, 0.05) is 5.56 Å². The maximum absolute atomic E-state index is 13.4. The van der Waals surface area contributed by atoms with Crippen molar-refractivity contribution in [3.8, 4) is 11.5 Å². The van der Waals surface area contributed by atoms with Gasteiger partial charge in [-0.1, -0.05) is 55.8 Å². The number of aliphatic hydroxyl groups is 1. The standard InChI is InChI=1S/C30H31NO5/c1-18(2)17-36-24-14-13-22(16-20(24)4)28(32)26-27(21-10-8-9-19(3)15-21)31(30(34)29(26)33)23-11-6-7-12-25(23)35-5/h6-16,18,27,32H,17H2,1-5H3/b28-26-. The number of rotatable bonds is 7. The summed E-state index contributed by atoms with van der Waals surface area (Å²) in [5.41, 5.74) is 3.45. The number of anilines is 1. The molecule has 3 aromatic carbocycles. The Kier molecular flexibility index (Phi) is 7.15. The van der Waals surface area contributed by atoms with Crippen LogP contribution in [-0.4, -0.2) is 30.5 Å². The number of amides is 1. The Morgan fingerprint density at radius 1 is 0.972 bits per heavy atom. The smallest absolute Gasteiger partial charge is 0.300 e. The minimum absolute atomic E-state index is 0.0340. The molecule has 0 radical (unpaired) electrons. The molecule has 0 aromatic heterocycles. The molecule has 0 aliphatic carbocycles. The lowest BCUT2D eigenvalue weighted by Crippen LogP contribution is -2.29. The molecule has 1 aliphatic rings. The number of nitrogens with zero attached hydrogens (tertiary/aromatic N) is 1. The predicted octanol–water partition coefficient (Wildman–Crippen LogP) is 5.97. The zero-order valence-electron chi connectivity index (χ0n) is 21.2. The molecule has 6 heteroatoms. The van der Waals surface area contributed by atoms with Crippen LogP contribution in [0.15, 0.2) is 72.3 Å². The highest BCUT2D eigenvalue weighted by Crippen LogP contribution is 2.45. The van der Waals surface area contributed by atoms with Gasteiger partial charge in [-0.3, -0.25) is 14.5 Å². The Hall–Kier alpha value is -4.06. The number of hydrogen-bond acceptors (Lipinski definition) is 5. The van der Waals surface area contributed by atoms with Crippen LogP contribution in [0.1, 0.15) is 42.1 Å². The minimum atomic E-state index is -0.821. The Morgan fingerprint density at radius 3 is 2.39 bits per heavy atom. The third-order valence-corrected chi connectivity index (χ3v) is 6.17. The molecule has 3 aromatic rings. The summed E-state index contributed by atoms with van der Waals surface area (Å²) in [5.74, 6) is -0.151. The number of para-hydroxylation sites is 2. The fourth-order valence-corrected chi connectivity index (χ4v) is 4.44. The number of hydrogen-bond donors (Lipinski definition) is 1. The number of ether oxygens (including phenoxy) is 2. The first kappa shape index (κ1) is 25.0. The first-order chi connectivity index (χ1) is 17.2. The molecule has 6 nitrogen and oxygen atoms in total. The molecule has 1 saturated heterocycles. The number of Topliss-reactive ketones (excluding diaryl/α,β-unsaturated/α-hetero) is 1. The molecule has 1 atom stereocenters. The Balaban J connectivity index is 1.88. The van der Waals surface area contributed by atoms with Gasteiger partial charge in [-0.05, 0) is 61.2 Å². The lowest BCUT2D eigenvalue weighted by molar-refractivity contribution is -0.132. The molecule has 1 aliphatic heterocycles. The van der Waals surface area contributed by atoms with Crippen molar-refractivity contribution in [1.29, 1.82) is 0 Å². The van der Waals surface area contributed by atoms with Crippen LogP contribution >= 0.6 is 0 Å². The van der Waals surface area contributed by atoms with Crippen LogP contribution in [0.25, 0.3) is 5.76 Å². The van der Waals surface area contributed by atoms with Gasteiger partial charge in [-0.25, -0.2) is 0 Å². The van der Waals surface area contributed by atoms with Gasteiger partial charge >= 0.3 is 0 Å². The molecule has 1 amide bonds. The van der Waals surface area contributed by atoms with E-state index in [0.29, 0.717) is 35.3 Å². The average molecular weight is 486 g/mol. The van der Waals surface area contributed by atoms with Gasteiger partial charge in [0.15, 0.2) is 0 Å². The molecule has 1 fully saturated rings. The van der Waals surface area contributed by atoms with Crippen LogP contribution in [0.2, 0.25) is 0 Å². The molecule has 186 valence electrons. The predicted molar refractivity (Wildman–Crippen MR) is 140 cm³/mol. The molecule has 0 spiro atoms. The number of ketones is 1. The van der Waals surface area contributed by atoms with Crippen molar-refractivity contribution < 1.29 is 24.2 Å². The van der Waals surface area contributed by atoms with Crippen molar-refractivity contribution in [2.75, 3.05) is 18.6 Å². The van der Waals surface area contributed by atoms with E-state index in [1.807, 2.05) is 38.1 Å². The van der Waals surface area contributed by atoms with E-state index in [9.17, 15) is 14.7 Å². The van der Waals surface area contributed by atoms with E-state index >= 15 is 0 Å². The third-order valence-electron chi connectivity index (χ3n) is 6.17. The summed E-state index contributed by atoms with van der Waals surface area (Å²) >= 11 is 0. The van der Waals surface area contributed by atoms with Gasteiger partial charge in [-0.2, -0.15) is 0 Å². The van der Waals surface area contributed by atoms with Crippen LogP contribution in [-0.2, 0) is 9.59 Å². The van der Waals surface area contributed by atoms with Gasteiger partial charge in [0.2, 0.25) is 0 Å². The fourth-order valence-electron chi connectivity index (χ4n) is 4.44. The molecule has 4 rings (SSSR count). The van der Waals surface area contributed by atoms with Crippen molar-refractivity contribution in [2.45, 2.75) is 33.7 Å². The van der Waals surface area contributed by atoms with Crippen LogP contribution in [0, 0.1) is 19.8 Å².